The van der Waals surface area contributed by atoms with E-state index in [0.717, 1.165) is 12.8 Å². The van der Waals surface area contributed by atoms with Crippen molar-refractivity contribution in [3.05, 3.63) is 0 Å². The fraction of sp³-hybridized carbons (Fsp3) is 0.917. The monoisotopic (exact) mass is 268 g/mol. The lowest BCUT2D eigenvalue weighted by Crippen LogP contribution is -2.39. The highest BCUT2D eigenvalue weighted by molar-refractivity contribution is 5.78. The molecule has 0 spiro atoms. The molecule has 0 aromatic rings. The number of alkyl halides is 3. The first kappa shape index (κ1) is 17.2. The summed E-state index contributed by atoms with van der Waals surface area (Å²) in [6.07, 6.45) is -2.37. The topological polar surface area (TPSA) is 41.1 Å². The Morgan fingerprint density at radius 1 is 1.28 bits per heavy atom. The highest BCUT2D eigenvalue weighted by atomic mass is 19.4. The minimum Gasteiger partial charge on any atom is -0.353 e. The van der Waals surface area contributed by atoms with Crippen molar-refractivity contribution in [1.29, 1.82) is 0 Å². The van der Waals surface area contributed by atoms with E-state index in [0.29, 0.717) is 13.0 Å². The van der Waals surface area contributed by atoms with Crippen LogP contribution in [0.25, 0.3) is 0 Å². The standard InChI is InChI=1S/C12H23F3N2O/c1-3-6-10(2)17-11(18)9-16-8-5-4-7-12(13,14)15/h10,16H,3-9H2,1-2H3,(H,17,18). The van der Waals surface area contributed by atoms with Crippen LogP contribution < -0.4 is 10.6 Å². The minimum atomic E-state index is -4.08. The minimum absolute atomic E-state index is 0.102. The van der Waals surface area contributed by atoms with Crippen LogP contribution in [0.3, 0.4) is 0 Å². The Kier molecular flexibility index (Phi) is 8.79. The molecule has 0 fully saturated rings. The number of carbonyl (C=O) groups excluding carboxylic acids is 1. The van der Waals surface area contributed by atoms with Crippen LogP contribution in [0.2, 0.25) is 0 Å². The van der Waals surface area contributed by atoms with E-state index >= 15 is 0 Å². The number of hydrogen-bond donors (Lipinski definition) is 2. The van der Waals surface area contributed by atoms with Crippen molar-refractivity contribution in [2.24, 2.45) is 0 Å². The molecule has 0 bridgehead atoms. The number of rotatable bonds is 9. The van der Waals surface area contributed by atoms with Gasteiger partial charge in [-0.3, -0.25) is 4.79 Å². The van der Waals surface area contributed by atoms with Crippen molar-refractivity contribution in [3.63, 3.8) is 0 Å². The first-order valence-corrected chi connectivity index (χ1v) is 6.42. The van der Waals surface area contributed by atoms with Crippen molar-refractivity contribution in [2.45, 2.75) is 58.2 Å². The Hall–Kier alpha value is -0.780. The van der Waals surface area contributed by atoms with Gasteiger partial charge in [-0.1, -0.05) is 13.3 Å². The van der Waals surface area contributed by atoms with Gasteiger partial charge in [0.25, 0.3) is 0 Å². The van der Waals surface area contributed by atoms with Crippen LogP contribution in [0.4, 0.5) is 13.2 Å². The summed E-state index contributed by atoms with van der Waals surface area (Å²) in [5, 5.41) is 5.65. The Morgan fingerprint density at radius 2 is 1.94 bits per heavy atom. The zero-order valence-electron chi connectivity index (χ0n) is 11.1. The molecule has 0 heterocycles. The molecule has 0 rings (SSSR count). The highest BCUT2D eigenvalue weighted by Gasteiger charge is 2.25. The van der Waals surface area contributed by atoms with E-state index in [-0.39, 0.29) is 24.9 Å². The molecule has 1 unspecified atom stereocenters. The first-order chi connectivity index (χ1) is 8.35. The molecule has 1 amide bonds. The third-order valence-corrected chi connectivity index (χ3v) is 2.48. The summed E-state index contributed by atoms with van der Waals surface area (Å²) >= 11 is 0. The molecular formula is C12H23F3N2O. The largest absolute Gasteiger partial charge is 0.389 e. The highest BCUT2D eigenvalue weighted by Crippen LogP contribution is 2.21. The quantitative estimate of drug-likeness (QED) is 0.631. The van der Waals surface area contributed by atoms with Crippen molar-refractivity contribution in [2.75, 3.05) is 13.1 Å². The molecule has 1 atom stereocenters. The molecule has 3 nitrogen and oxygen atoms in total. The number of nitrogens with one attached hydrogen (secondary N) is 2. The molecular weight excluding hydrogens is 245 g/mol. The second kappa shape index (κ2) is 9.19. The number of carbonyl (C=O) groups is 1. The van der Waals surface area contributed by atoms with Crippen LogP contribution >= 0.6 is 0 Å². The Labute approximate surface area is 107 Å². The molecule has 0 aliphatic carbocycles. The van der Waals surface area contributed by atoms with Gasteiger partial charge in [0.15, 0.2) is 0 Å². The molecule has 0 aromatic heterocycles. The van der Waals surface area contributed by atoms with Gasteiger partial charge in [0.2, 0.25) is 5.91 Å². The smallest absolute Gasteiger partial charge is 0.353 e. The fourth-order valence-corrected chi connectivity index (χ4v) is 1.61. The second-order valence-corrected chi connectivity index (χ2v) is 4.51. The van der Waals surface area contributed by atoms with Crippen LogP contribution in [0, 0.1) is 0 Å². The molecule has 0 radical (unpaired) electrons. The van der Waals surface area contributed by atoms with E-state index < -0.39 is 12.6 Å². The third kappa shape index (κ3) is 11.7. The molecule has 2 N–H and O–H groups in total. The number of amides is 1. The van der Waals surface area contributed by atoms with Crippen molar-refractivity contribution < 1.29 is 18.0 Å². The van der Waals surface area contributed by atoms with Crippen LogP contribution in [0.1, 0.15) is 46.0 Å². The van der Waals surface area contributed by atoms with E-state index in [2.05, 4.69) is 10.6 Å². The maximum absolute atomic E-state index is 11.8. The van der Waals surface area contributed by atoms with Crippen LogP contribution in [0.15, 0.2) is 0 Å². The maximum atomic E-state index is 11.8. The average Bonchev–Trinajstić information content (AvgIpc) is 2.21. The van der Waals surface area contributed by atoms with Crippen LogP contribution in [0.5, 0.6) is 0 Å². The SMILES string of the molecule is CCCC(C)NC(=O)CNCCCCC(F)(F)F. The normalized spacial score (nSPS) is 13.4. The van der Waals surface area contributed by atoms with E-state index in [1.54, 1.807) is 0 Å². The molecule has 18 heavy (non-hydrogen) atoms. The number of hydrogen-bond acceptors (Lipinski definition) is 2. The van der Waals surface area contributed by atoms with Gasteiger partial charge in [0.1, 0.15) is 0 Å². The van der Waals surface area contributed by atoms with Crippen molar-refractivity contribution in [3.8, 4) is 0 Å². The van der Waals surface area contributed by atoms with Gasteiger partial charge in [0.05, 0.1) is 6.54 Å². The maximum Gasteiger partial charge on any atom is 0.389 e. The van der Waals surface area contributed by atoms with Gasteiger partial charge in [-0.05, 0) is 32.7 Å². The number of unbranched alkanes of at least 4 members (excludes halogenated alkanes) is 1. The van der Waals surface area contributed by atoms with Crippen LogP contribution in [-0.4, -0.2) is 31.2 Å². The lowest BCUT2D eigenvalue weighted by atomic mass is 10.2. The molecule has 0 aliphatic heterocycles. The van der Waals surface area contributed by atoms with Gasteiger partial charge in [-0.25, -0.2) is 0 Å². The van der Waals surface area contributed by atoms with Gasteiger partial charge >= 0.3 is 6.18 Å². The summed E-state index contributed by atoms with van der Waals surface area (Å²) in [6.45, 7) is 4.58. The van der Waals surface area contributed by atoms with E-state index in [4.69, 9.17) is 0 Å². The summed E-state index contributed by atoms with van der Waals surface area (Å²) in [5.41, 5.74) is 0. The van der Waals surface area contributed by atoms with Crippen molar-refractivity contribution in [1.82, 2.24) is 10.6 Å². The fourth-order valence-electron chi connectivity index (χ4n) is 1.61. The summed E-state index contributed by atoms with van der Waals surface area (Å²) in [7, 11) is 0. The summed E-state index contributed by atoms with van der Waals surface area (Å²) in [4.78, 5) is 11.4. The Morgan fingerprint density at radius 3 is 2.50 bits per heavy atom. The van der Waals surface area contributed by atoms with E-state index in [1.165, 1.54) is 0 Å². The summed E-state index contributed by atoms with van der Waals surface area (Å²) in [5.74, 6) is -0.105. The zero-order chi connectivity index (χ0) is 14.0. The second-order valence-electron chi connectivity index (χ2n) is 4.51. The van der Waals surface area contributed by atoms with Gasteiger partial charge < -0.3 is 10.6 Å². The zero-order valence-corrected chi connectivity index (χ0v) is 11.1. The van der Waals surface area contributed by atoms with Gasteiger partial charge in [-0.15, -0.1) is 0 Å². The Bertz CT molecular complexity index is 232. The predicted octanol–water partition coefficient (Wildman–Crippen LogP) is 2.61. The summed E-state index contributed by atoms with van der Waals surface area (Å²) in [6, 6.07) is 0.148. The van der Waals surface area contributed by atoms with Gasteiger partial charge in [0, 0.05) is 12.5 Å². The average molecular weight is 268 g/mol. The molecule has 0 saturated carbocycles. The first-order valence-electron chi connectivity index (χ1n) is 6.42. The molecule has 108 valence electrons. The summed E-state index contributed by atoms with van der Waals surface area (Å²) < 4.78 is 35.5. The lowest BCUT2D eigenvalue weighted by Gasteiger charge is -2.13. The molecule has 0 aromatic carbocycles. The van der Waals surface area contributed by atoms with E-state index in [9.17, 15) is 18.0 Å². The van der Waals surface area contributed by atoms with Crippen molar-refractivity contribution >= 4 is 5.91 Å². The molecule has 0 saturated heterocycles. The molecule has 6 heteroatoms. The van der Waals surface area contributed by atoms with E-state index in [1.807, 2.05) is 13.8 Å². The number of halogens is 3. The molecule has 0 aliphatic rings. The van der Waals surface area contributed by atoms with Gasteiger partial charge in [-0.2, -0.15) is 13.2 Å². The Balaban J connectivity index is 3.41. The predicted molar refractivity (Wildman–Crippen MR) is 65.3 cm³/mol. The lowest BCUT2D eigenvalue weighted by molar-refractivity contribution is -0.135. The van der Waals surface area contributed by atoms with Crippen LogP contribution in [-0.2, 0) is 4.79 Å². The third-order valence-electron chi connectivity index (χ3n) is 2.48.